The third kappa shape index (κ3) is 4.39. The third-order valence-electron chi connectivity index (χ3n) is 3.13. The van der Waals surface area contributed by atoms with E-state index in [4.69, 9.17) is 0 Å². The van der Waals surface area contributed by atoms with Crippen LogP contribution in [0.2, 0.25) is 0 Å². The molecule has 0 aliphatic carbocycles. The summed E-state index contributed by atoms with van der Waals surface area (Å²) in [4.78, 5) is 0.0695. The molecule has 0 aromatic heterocycles. The Balaban J connectivity index is 0.00000200. The van der Waals surface area contributed by atoms with Gasteiger partial charge >= 0.3 is 0 Å². The first kappa shape index (κ1) is 17.8. The van der Waals surface area contributed by atoms with Crippen molar-refractivity contribution >= 4 is 38.4 Å². The van der Waals surface area contributed by atoms with Crippen LogP contribution in [0.15, 0.2) is 27.6 Å². The topological polar surface area (TPSA) is 58.2 Å². The molecule has 0 amide bonds. The van der Waals surface area contributed by atoms with Gasteiger partial charge in [0.2, 0.25) is 10.0 Å². The lowest BCUT2D eigenvalue weighted by molar-refractivity contribution is 0.361. The van der Waals surface area contributed by atoms with Crippen molar-refractivity contribution < 1.29 is 12.8 Å². The monoisotopic (exact) mass is 386 g/mol. The largest absolute Gasteiger partial charge is 0.314 e. The zero-order valence-electron chi connectivity index (χ0n) is 10.9. The fourth-order valence-electron chi connectivity index (χ4n) is 2.22. The second kappa shape index (κ2) is 7.17. The summed E-state index contributed by atoms with van der Waals surface area (Å²) in [6, 6.07) is 3.77. The lowest BCUT2D eigenvalue weighted by atomic mass is 10.0. The highest BCUT2D eigenvalue weighted by atomic mass is 79.9. The van der Waals surface area contributed by atoms with E-state index < -0.39 is 15.8 Å². The Morgan fingerprint density at radius 2 is 2.15 bits per heavy atom. The van der Waals surface area contributed by atoms with Crippen LogP contribution >= 0.6 is 28.3 Å². The average Bonchev–Trinajstić information content (AvgIpc) is 2.27. The summed E-state index contributed by atoms with van der Waals surface area (Å²) in [5.41, 5.74) is 0. The molecule has 114 valence electrons. The SMILES string of the molecule is CC1CC(NS(=O)(=O)c2ccc(F)cc2Br)CCN1.Cl. The van der Waals surface area contributed by atoms with Crippen LogP contribution in [0.1, 0.15) is 19.8 Å². The molecule has 4 nitrogen and oxygen atoms in total. The molecular formula is C12H17BrClFN2O2S. The van der Waals surface area contributed by atoms with Crippen LogP contribution in [0.4, 0.5) is 4.39 Å². The van der Waals surface area contributed by atoms with Crippen LogP contribution < -0.4 is 10.0 Å². The Bertz CT molecular complexity index is 571. The van der Waals surface area contributed by atoms with Crippen molar-refractivity contribution in [2.45, 2.75) is 36.7 Å². The standard InChI is InChI=1S/C12H16BrFN2O2S.ClH/c1-8-6-10(4-5-15-8)16-19(17,18)12-3-2-9(14)7-11(12)13;/h2-3,7-8,10,15-16H,4-6H2,1H3;1H. The number of hydrogen-bond donors (Lipinski definition) is 2. The Morgan fingerprint density at radius 1 is 1.45 bits per heavy atom. The summed E-state index contributed by atoms with van der Waals surface area (Å²) < 4.78 is 40.4. The van der Waals surface area contributed by atoms with Gasteiger partial charge < -0.3 is 5.32 Å². The summed E-state index contributed by atoms with van der Waals surface area (Å²) in [5.74, 6) is -0.471. The molecule has 0 radical (unpaired) electrons. The molecule has 1 aliphatic heterocycles. The van der Waals surface area contributed by atoms with E-state index in [1.165, 1.54) is 6.07 Å². The predicted molar refractivity (Wildman–Crippen MR) is 82.2 cm³/mol. The summed E-state index contributed by atoms with van der Waals surface area (Å²) >= 11 is 3.09. The van der Waals surface area contributed by atoms with Crippen molar-refractivity contribution in [3.05, 3.63) is 28.5 Å². The van der Waals surface area contributed by atoms with Crippen molar-refractivity contribution in [1.29, 1.82) is 0 Å². The Kier molecular flexibility index (Phi) is 6.40. The molecule has 1 saturated heterocycles. The van der Waals surface area contributed by atoms with Gasteiger partial charge in [0, 0.05) is 16.6 Å². The minimum absolute atomic E-state index is 0. The van der Waals surface area contributed by atoms with Gasteiger partial charge in [-0.25, -0.2) is 17.5 Å². The molecule has 1 aromatic carbocycles. The summed E-state index contributed by atoms with van der Waals surface area (Å²) in [5, 5.41) is 3.26. The molecule has 8 heteroatoms. The molecule has 0 spiro atoms. The molecule has 0 bridgehead atoms. The summed E-state index contributed by atoms with van der Waals surface area (Å²) in [6.07, 6.45) is 1.50. The molecule has 1 aromatic rings. The first-order valence-corrected chi connectivity index (χ1v) is 8.37. The van der Waals surface area contributed by atoms with Gasteiger partial charge in [-0.1, -0.05) is 0 Å². The molecule has 2 atom stereocenters. The number of hydrogen-bond acceptors (Lipinski definition) is 3. The lowest BCUT2D eigenvalue weighted by Crippen LogP contribution is -2.46. The second-order valence-electron chi connectivity index (χ2n) is 4.77. The van der Waals surface area contributed by atoms with Gasteiger partial charge in [-0.15, -0.1) is 12.4 Å². The highest BCUT2D eigenvalue weighted by Gasteiger charge is 2.25. The van der Waals surface area contributed by atoms with Crippen LogP contribution in [0.5, 0.6) is 0 Å². The minimum atomic E-state index is -3.62. The Labute approximate surface area is 133 Å². The Hall–Kier alpha value is -0.210. The van der Waals surface area contributed by atoms with E-state index in [0.717, 1.165) is 31.5 Å². The van der Waals surface area contributed by atoms with E-state index in [1.54, 1.807) is 0 Å². The molecule has 1 fully saturated rings. The van der Waals surface area contributed by atoms with E-state index in [-0.39, 0.29) is 33.9 Å². The normalized spacial score (nSPS) is 23.1. The number of benzene rings is 1. The summed E-state index contributed by atoms with van der Waals surface area (Å²) in [7, 11) is -3.62. The van der Waals surface area contributed by atoms with Gasteiger partial charge in [0.1, 0.15) is 5.82 Å². The van der Waals surface area contributed by atoms with Gasteiger partial charge in [0.15, 0.2) is 0 Å². The fraction of sp³-hybridized carbons (Fsp3) is 0.500. The Morgan fingerprint density at radius 3 is 2.75 bits per heavy atom. The van der Waals surface area contributed by atoms with Crippen molar-refractivity contribution in [3.8, 4) is 0 Å². The first-order chi connectivity index (χ1) is 8.88. The number of nitrogens with one attached hydrogen (secondary N) is 2. The molecule has 0 saturated carbocycles. The number of sulfonamides is 1. The average molecular weight is 388 g/mol. The van der Waals surface area contributed by atoms with E-state index in [1.807, 2.05) is 6.92 Å². The number of halogens is 3. The van der Waals surface area contributed by atoms with Crippen LogP contribution in [0.25, 0.3) is 0 Å². The molecular weight excluding hydrogens is 371 g/mol. The van der Waals surface area contributed by atoms with Gasteiger partial charge in [-0.2, -0.15) is 0 Å². The smallest absolute Gasteiger partial charge is 0.241 e. The highest BCUT2D eigenvalue weighted by molar-refractivity contribution is 9.10. The zero-order valence-corrected chi connectivity index (χ0v) is 14.1. The first-order valence-electron chi connectivity index (χ1n) is 6.09. The van der Waals surface area contributed by atoms with Crippen molar-refractivity contribution in [3.63, 3.8) is 0 Å². The number of piperidine rings is 1. The molecule has 1 heterocycles. The van der Waals surface area contributed by atoms with Gasteiger partial charge in [-0.05, 0) is 60.4 Å². The highest BCUT2D eigenvalue weighted by Crippen LogP contribution is 2.23. The van der Waals surface area contributed by atoms with Crippen molar-refractivity contribution in [2.24, 2.45) is 0 Å². The molecule has 2 unspecified atom stereocenters. The van der Waals surface area contributed by atoms with Crippen molar-refractivity contribution in [2.75, 3.05) is 6.54 Å². The van der Waals surface area contributed by atoms with E-state index in [2.05, 4.69) is 26.0 Å². The van der Waals surface area contributed by atoms with E-state index >= 15 is 0 Å². The zero-order chi connectivity index (χ0) is 14.0. The predicted octanol–water partition coefficient (Wildman–Crippen LogP) is 2.43. The maximum atomic E-state index is 13.0. The maximum absolute atomic E-state index is 13.0. The van der Waals surface area contributed by atoms with E-state index in [0.29, 0.717) is 0 Å². The molecule has 20 heavy (non-hydrogen) atoms. The maximum Gasteiger partial charge on any atom is 0.241 e. The third-order valence-corrected chi connectivity index (χ3v) is 5.63. The van der Waals surface area contributed by atoms with Crippen molar-refractivity contribution in [1.82, 2.24) is 10.0 Å². The quantitative estimate of drug-likeness (QED) is 0.837. The molecule has 1 aliphatic rings. The van der Waals surface area contributed by atoms with Gasteiger partial charge in [0.25, 0.3) is 0 Å². The van der Waals surface area contributed by atoms with Crippen LogP contribution in [-0.2, 0) is 10.0 Å². The fourth-order valence-corrected chi connectivity index (χ4v) is 4.55. The second-order valence-corrected chi connectivity index (χ2v) is 7.31. The molecule has 2 N–H and O–H groups in total. The number of rotatable bonds is 3. The molecule has 2 rings (SSSR count). The van der Waals surface area contributed by atoms with Crippen LogP contribution in [-0.4, -0.2) is 27.0 Å². The van der Waals surface area contributed by atoms with Crippen LogP contribution in [0.3, 0.4) is 0 Å². The van der Waals surface area contributed by atoms with Gasteiger partial charge in [0.05, 0.1) is 4.90 Å². The van der Waals surface area contributed by atoms with E-state index in [9.17, 15) is 12.8 Å². The summed E-state index contributed by atoms with van der Waals surface area (Å²) in [6.45, 7) is 2.81. The van der Waals surface area contributed by atoms with Crippen LogP contribution in [0, 0.1) is 5.82 Å². The minimum Gasteiger partial charge on any atom is -0.314 e. The lowest BCUT2D eigenvalue weighted by Gasteiger charge is -2.28. The van der Waals surface area contributed by atoms with Gasteiger partial charge in [-0.3, -0.25) is 0 Å².